The molecule has 0 N–H and O–H groups in total. The SMILES string of the molecule is CCCCCC/C=C\CCCCCCCC(=O)OC(CCCCCC)CCCCCCCCCCC(=O)[O-]. The third-order valence-electron chi connectivity index (χ3n) is 7.48. The molecule has 0 aliphatic carbocycles. The zero-order chi connectivity index (χ0) is 27.9. The zero-order valence-corrected chi connectivity index (χ0v) is 25.5. The van der Waals surface area contributed by atoms with Gasteiger partial charge in [0.25, 0.3) is 0 Å². The second-order valence-corrected chi connectivity index (χ2v) is 11.3. The number of esters is 1. The molecule has 0 aromatic rings. The number of ether oxygens (including phenoxy) is 1. The number of carboxylic acid groups (broad SMARTS) is 1. The molecule has 0 rings (SSSR count). The maximum absolute atomic E-state index is 12.5. The van der Waals surface area contributed by atoms with Crippen LogP contribution in [-0.4, -0.2) is 18.0 Å². The number of unbranched alkanes of at least 4 members (excludes halogenated alkanes) is 19. The molecular formula is C34H63O4-. The minimum absolute atomic E-state index is 0.00746. The second-order valence-electron chi connectivity index (χ2n) is 11.3. The van der Waals surface area contributed by atoms with E-state index < -0.39 is 5.97 Å². The molecular weight excluding hydrogens is 472 g/mol. The van der Waals surface area contributed by atoms with Gasteiger partial charge in [0.2, 0.25) is 0 Å². The smallest absolute Gasteiger partial charge is 0.306 e. The fraction of sp³-hybridized carbons (Fsp3) is 0.882. The summed E-state index contributed by atoms with van der Waals surface area (Å²) in [6, 6.07) is 0. The number of carbonyl (C=O) groups excluding carboxylic acids is 2. The van der Waals surface area contributed by atoms with Crippen LogP contribution < -0.4 is 5.11 Å². The number of hydrogen-bond acceptors (Lipinski definition) is 4. The Morgan fingerprint density at radius 1 is 0.553 bits per heavy atom. The van der Waals surface area contributed by atoms with E-state index >= 15 is 0 Å². The van der Waals surface area contributed by atoms with E-state index in [2.05, 4.69) is 26.0 Å². The Kier molecular flexibility index (Phi) is 29.2. The van der Waals surface area contributed by atoms with Crippen molar-refractivity contribution in [2.75, 3.05) is 0 Å². The van der Waals surface area contributed by atoms with Crippen molar-refractivity contribution in [2.24, 2.45) is 0 Å². The van der Waals surface area contributed by atoms with Gasteiger partial charge in [-0.15, -0.1) is 0 Å². The minimum atomic E-state index is -0.933. The lowest BCUT2D eigenvalue weighted by Crippen LogP contribution is -2.21. The molecule has 224 valence electrons. The van der Waals surface area contributed by atoms with Crippen LogP contribution in [0.5, 0.6) is 0 Å². The molecule has 0 aromatic carbocycles. The summed E-state index contributed by atoms with van der Waals surface area (Å²) < 4.78 is 5.93. The Hall–Kier alpha value is -1.32. The van der Waals surface area contributed by atoms with E-state index in [1.807, 2.05) is 0 Å². The van der Waals surface area contributed by atoms with Crippen LogP contribution >= 0.6 is 0 Å². The van der Waals surface area contributed by atoms with Crippen molar-refractivity contribution in [3.63, 3.8) is 0 Å². The first-order valence-electron chi connectivity index (χ1n) is 16.6. The molecule has 4 heteroatoms. The lowest BCUT2D eigenvalue weighted by atomic mass is 10.0. The van der Waals surface area contributed by atoms with Gasteiger partial charge in [0, 0.05) is 12.4 Å². The summed E-state index contributed by atoms with van der Waals surface area (Å²) in [5.74, 6) is -0.926. The van der Waals surface area contributed by atoms with Gasteiger partial charge in [-0.3, -0.25) is 4.79 Å². The highest BCUT2D eigenvalue weighted by atomic mass is 16.5. The van der Waals surface area contributed by atoms with Crippen molar-refractivity contribution in [1.82, 2.24) is 0 Å². The fourth-order valence-corrected chi connectivity index (χ4v) is 4.99. The van der Waals surface area contributed by atoms with Gasteiger partial charge in [-0.2, -0.15) is 0 Å². The van der Waals surface area contributed by atoms with Gasteiger partial charge in [-0.05, 0) is 70.6 Å². The van der Waals surface area contributed by atoms with E-state index in [-0.39, 0.29) is 18.5 Å². The molecule has 1 atom stereocenters. The molecule has 0 saturated carbocycles. The van der Waals surface area contributed by atoms with Crippen molar-refractivity contribution < 1.29 is 19.4 Å². The van der Waals surface area contributed by atoms with Crippen LogP contribution in [0.3, 0.4) is 0 Å². The average Bonchev–Trinajstić information content (AvgIpc) is 2.90. The lowest BCUT2D eigenvalue weighted by Gasteiger charge is -2.18. The second kappa shape index (κ2) is 30.2. The van der Waals surface area contributed by atoms with E-state index in [0.29, 0.717) is 6.42 Å². The Bertz CT molecular complexity index is 543. The average molecular weight is 536 g/mol. The van der Waals surface area contributed by atoms with Gasteiger partial charge < -0.3 is 14.6 Å². The van der Waals surface area contributed by atoms with Gasteiger partial charge >= 0.3 is 5.97 Å². The Morgan fingerprint density at radius 2 is 0.947 bits per heavy atom. The molecule has 0 bridgehead atoms. The number of carbonyl (C=O) groups is 2. The molecule has 0 saturated heterocycles. The van der Waals surface area contributed by atoms with Gasteiger partial charge in [0.05, 0.1) is 0 Å². The predicted octanol–water partition coefficient (Wildman–Crippen LogP) is 9.78. The summed E-state index contributed by atoms with van der Waals surface area (Å²) in [4.78, 5) is 22.9. The highest BCUT2D eigenvalue weighted by molar-refractivity contribution is 5.69. The topological polar surface area (TPSA) is 66.4 Å². The van der Waals surface area contributed by atoms with Gasteiger partial charge in [0.1, 0.15) is 6.10 Å². The summed E-state index contributed by atoms with van der Waals surface area (Å²) in [7, 11) is 0. The standard InChI is InChI=1S/C34H64O4/c1-3-5-7-9-10-11-12-13-14-15-20-23-27-31-34(37)38-32(28-24-8-6-4-2)29-25-21-18-16-17-19-22-26-30-33(35)36/h11-12,32H,3-10,13-31H2,1-2H3,(H,35,36)/p-1/b12-11-. The number of hydrogen-bond donors (Lipinski definition) is 0. The molecule has 0 heterocycles. The van der Waals surface area contributed by atoms with Crippen LogP contribution in [0.15, 0.2) is 12.2 Å². The summed E-state index contributed by atoms with van der Waals surface area (Å²) in [6.45, 7) is 4.49. The van der Waals surface area contributed by atoms with Gasteiger partial charge in [-0.1, -0.05) is 122 Å². The van der Waals surface area contributed by atoms with Gasteiger partial charge in [-0.25, -0.2) is 0 Å². The van der Waals surface area contributed by atoms with E-state index in [9.17, 15) is 14.7 Å². The monoisotopic (exact) mass is 535 g/mol. The molecule has 38 heavy (non-hydrogen) atoms. The molecule has 0 amide bonds. The molecule has 0 fully saturated rings. The van der Waals surface area contributed by atoms with Crippen LogP contribution in [-0.2, 0) is 14.3 Å². The summed E-state index contributed by atoms with van der Waals surface area (Å²) >= 11 is 0. The van der Waals surface area contributed by atoms with Crippen LogP contribution in [0.4, 0.5) is 0 Å². The van der Waals surface area contributed by atoms with Crippen molar-refractivity contribution in [2.45, 2.75) is 193 Å². The summed E-state index contributed by atoms with van der Waals surface area (Å²) in [5, 5.41) is 10.4. The largest absolute Gasteiger partial charge is 0.550 e. The number of allylic oxidation sites excluding steroid dienone is 2. The summed E-state index contributed by atoms with van der Waals surface area (Å²) in [5.41, 5.74) is 0. The van der Waals surface area contributed by atoms with Crippen molar-refractivity contribution in [3.05, 3.63) is 12.2 Å². The molecule has 0 spiro atoms. The van der Waals surface area contributed by atoms with Crippen LogP contribution in [0, 0.1) is 0 Å². The molecule has 0 radical (unpaired) electrons. The number of carboxylic acids is 1. The summed E-state index contributed by atoms with van der Waals surface area (Å²) in [6.07, 6.45) is 34.8. The van der Waals surface area contributed by atoms with E-state index in [4.69, 9.17) is 4.74 Å². The molecule has 0 aromatic heterocycles. The quantitative estimate of drug-likeness (QED) is 0.0521. The van der Waals surface area contributed by atoms with Crippen molar-refractivity contribution in [1.29, 1.82) is 0 Å². The molecule has 0 aliphatic heterocycles. The van der Waals surface area contributed by atoms with Gasteiger partial charge in [0.15, 0.2) is 0 Å². The van der Waals surface area contributed by atoms with E-state index in [1.165, 1.54) is 103 Å². The Morgan fingerprint density at radius 3 is 1.45 bits per heavy atom. The highest BCUT2D eigenvalue weighted by Crippen LogP contribution is 2.18. The highest BCUT2D eigenvalue weighted by Gasteiger charge is 2.14. The van der Waals surface area contributed by atoms with Crippen LogP contribution in [0.25, 0.3) is 0 Å². The van der Waals surface area contributed by atoms with E-state index in [0.717, 1.165) is 57.8 Å². The minimum Gasteiger partial charge on any atom is -0.550 e. The first kappa shape index (κ1) is 36.7. The van der Waals surface area contributed by atoms with Crippen LogP contribution in [0.1, 0.15) is 187 Å². The molecule has 4 nitrogen and oxygen atoms in total. The number of rotatable bonds is 30. The van der Waals surface area contributed by atoms with Crippen LogP contribution in [0.2, 0.25) is 0 Å². The maximum atomic E-state index is 12.5. The first-order valence-corrected chi connectivity index (χ1v) is 16.6. The normalized spacial score (nSPS) is 12.3. The van der Waals surface area contributed by atoms with Crippen molar-refractivity contribution >= 4 is 11.9 Å². The predicted molar refractivity (Wildman–Crippen MR) is 160 cm³/mol. The molecule has 1 unspecified atom stereocenters. The number of aliphatic carboxylic acids is 1. The van der Waals surface area contributed by atoms with E-state index in [1.54, 1.807) is 0 Å². The Labute approximate surface area is 236 Å². The molecule has 0 aliphatic rings. The Balaban J connectivity index is 3.86. The fourth-order valence-electron chi connectivity index (χ4n) is 4.99. The first-order chi connectivity index (χ1) is 18.6. The third kappa shape index (κ3) is 29.2. The third-order valence-corrected chi connectivity index (χ3v) is 7.48. The van der Waals surface area contributed by atoms with Crippen molar-refractivity contribution in [3.8, 4) is 0 Å². The lowest BCUT2D eigenvalue weighted by molar-refractivity contribution is -0.305. The zero-order valence-electron chi connectivity index (χ0n) is 25.5. The maximum Gasteiger partial charge on any atom is 0.306 e.